The number of rotatable bonds is 4. The summed E-state index contributed by atoms with van der Waals surface area (Å²) in [7, 11) is -5.67. The van der Waals surface area contributed by atoms with E-state index in [4.69, 9.17) is 4.55 Å². The van der Waals surface area contributed by atoms with Gasteiger partial charge >= 0.3 is 21.3 Å². The molecular formula is C7H7F2NO6S. The zero-order valence-corrected chi connectivity index (χ0v) is 9.15. The predicted octanol–water partition coefficient (Wildman–Crippen LogP) is 0.701. The van der Waals surface area contributed by atoms with Gasteiger partial charge in [0.1, 0.15) is 0 Å². The molecule has 0 aliphatic rings. The van der Waals surface area contributed by atoms with E-state index in [9.17, 15) is 22.0 Å². The van der Waals surface area contributed by atoms with Crippen LogP contribution in [-0.4, -0.2) is 35.3 Å². The van der Waals surface area contributed by atoms with E-state index in [0.717, 1.165) is 12.6 Å². The number of halogens is 2. The molecule has 0 aliphatic heterocycles. The number of carbonyl (C=O) groups is 1. The van der Waals surface area contributed by atoms with Gasteiger partial charge in [-0.05, 0) is 6.92 Å². The van der Waals surface area contributed by atoms with Crippen LogP contribution in [0.1, 0.15) is 17.5 Å². The van der Waals surface area contributed by atoms with Crippen LogP contribution >= 0.6 is 0 Å². The second-order valence-electron chi connectivity index (χ2n) is 2.95. The van der Waals surface area contributed by atoms with Crippen molar-refractivity contribution >= 4 is 16.1 Å². The molecule has 10 heteroatoms. The third-order valence-corrected chi connectivity index (χ3v) is 2.75. The van der Waals surface area contributed by atoms with E-state index in [1.807, 2.05) is 0 Å². The molecule has 0 bridgehead atoms. The van der Waals surface area contributed by atoms with Crippen LogP contribution in [0.5, 0.6) is 0 Å². The topological polar surface area (TPSA) is 107 Å². The summed E-state index contributed by atoms with van der Waals surface area (Å²) in [6, 6.07) is 0. The summed E-state index contributed by atoms with van der Waals surface area (Å²) in [5.74, 6) is -1.79. The van der Waals surface area contributed by atoms with Crippen molar-refractivity contribution in [1.29, 1.82) is 0 Å². The largest absolute Gasteiger partial charge is 0.449 e. The third-order valence-electron chi connectivity index (χ3n) is 1.73. The number of nitrogens with zero attached hydrogens (tertiary/aromatic N) is 1. The van der Waals surface area contributed by atoms with Gasteiger partial charge in [0, 0.05) is 0 Å². The van der Waals surface area contributed by atoms with Crippen LogP contribution in [-0.2, 0) is 14.9 Å². The molecule has 7 nitrogen and oxygen atoms in total. The van der Waals surface area contributed by atoms with Gasteiger partial charge in [0.2, 0.25) is 5.76 Å². The van der Waals surface area contributed by atoms with Crippen LogP contribution in [0, 0.1) is 0 Å². The van der Waals surface area contributed by atoms with Crippen LogP contribution in [0.2, 0.25) is 0 Å². The van der Waals surface area contributed by atoms with Gasteiger partial charge in [-0.3, -0.25) is 4.55 Å². The number of hydrogen-bond donors (Lipinski definition) is 1. The van der Waals surface area contributed by atoms with Gasteiger partial charge in [0.05, 0.1) is 6.20 Å². The Hall–Kier alpha value is -1.55. The zero-order chi connectivity index (χ0) is 13.3. The lowest BCUT2D eigenvalue weighted by Gasteiger charge is -2.19. The van der Waals surface area contributed by atoms with Crippen molar-refractivity contribution in [3.8, 4) is 0 Å². The number of oxazole rings is 1. The SMILES string of the molecule is CC(OC(=O)c1cnco1)C(F)(F)S(=O)(=O)O. The minimum Gasteiger partial charge on any atom is -0.449 e. The van der Waals surface area contributed by atoms with Crippen molar-refractivity contribution in [2.45, 2.75) is 18.3 Å². The fourth-order valence-corrected chi connectivity index (χ4v) is 1.28. The van der Waals surface area contributed by atoms with E-state index in [1.54, 1.807) is 0 Å². The van der Waals surface area contributed by atoms with Crippen LogP contribution in [0.25, 0.3) is 0 Å². The van der Waals surface area contributed by atoms with Gasteiger partial charge in [-0.25, -0.2) is 9.78 Å². The van der Waals surface area contributed by atoms with Gasteiger partial charge in [0.25, 0.3) is 0 Å². The molecule has 0 saturated heterocycles. The van der Waals surface area contributed by atoms with Gasteiger partial charge in [-0.15, -0.1) is 0 Å². The van der Waals surface area contributed by atoms with E-state index < -0.39 is 33.2 Å². The van der Waals surface area contributed by atoms with Gasteiger partial charge in [-0.2, -0.15) is 17.2 Å². The molecule has 1 rings (SSSR count). The first-order chi connectivity index (χ1) is 7.66. The molecule has 0 radical (unpaired) electrons. The molecule has 1 heterocycles. The highest BCUT2D eigenvalue weighted by Crippen LogP contribution is 2.27. The molecule has 1 N–H and O–H groups in total. The third kappa shape index (κ3) is 2.77. The smallest absolute Gasteiger partial charge is 0.405 e. The molecule has 1 aromatic rings. The van der Waals surface area contributed by atoms with Crippen LogP contribution in [0.3, 0.4) is 0 Å². The Morgan fingerprint density at radius 1 is 1.65 bits per heavy atom. The molecule has 0 aromatic carbocycles. The lowest BCUT2D eigenvalue weighted by molar-refractivity contribution is -0.0564. The Morgan fingerprint density at radius 3 is 2.65 bits per heavy atom. The van der Waals surface area contributed by atoms with Crippen molar-refractivity contribution < 1.29 is 35.7 Å². The molecule has 1 aromatic heterocycles. The number of esters is 1. The lowest BCUT2D eigenvalue weighted by Crippen LogP contribution is -2.41. The maximum Gasteiger partial charge on any atom is 0.405 e. The highest BCUT2D eigenvalue weighted by Gasteiger charge is 2.52. The monoisotopic (exact) mass is 271 g/mol. The van der Waals surface area contributed by atoms with E-state index in [2.05, 4.69) is 14.1 Å². The highest BCUT2D eigenvalue weighted by atomic mass is 32.2. The molecule has 0 spiro atoms. The second-order valence-corrected chi connectivity index (χ2v) is 4.44. The fraction of sp³-hybridized carbons (Fsp3) is 0.429. The number of hydrogen-bond acceptors (Lipinski definition) is 6. The molecule has 0 fully saturated rings. The Bertz CT molecular complexity index is 496. The fourth-order valence-electron chi connectivity index (χ4n) is 0.814. The molecule has 1 unspecified atom stereocenters. The molecule has 0 amide bonds. The molecule has 0 aliphatic carbocycles. The molecule has 17 heavy (non-hydrogen) atoms. The zero-order valence-electron chi connectivity index (χ0n) is 8.33. The Morgan fingerprint density at radius 2 is 2.24 bits per heavy atom. The van der Waals surface area contributed by atoms with Crippen LogP contribution in [0.4, 0.5) is 8.78 Å². The Balaban J connectivity index is 2.80. The average Bonchev–Trinajstić information content (AvgIpc) is 2.68. The van der Waals surface area contributed by atoms with Crippen molar-refractivity contribution in [3.63, 3.8) is 0 Å². The number of alkyl halides is 2. The summed E-state index contributed by atoms with van der Waals surface area (Å²) in [6.07, 6.45) is -0.613. The van der Waals surface area contributed by atoms with Crippen molar-refractivity contribution in [2.24, 2.45) is 0 Å². The van der Waals surface area contributed by atoms with Gasteiger partial charge in [-0.1, -0.05) is 0 Å². The number of aromatic nitrogens is 1. The highest BCUT2D eigenvalue weighted by molar-refractivity contribution is 7.86. The first-order valence-electron chi connectivity index (χ1n) is 4.10. The summed E-state index contributed by atoms with van der Waals surface area (Å²) in [5.41, 5.74) is 0. The standard InChI is InChI=1S/C7H7F2NO6S/c1-4(7(8,9)17(12,13)14)16-6(11)5-2-10-3-15-5/h2-4H,1H3,(H,12,13,14). The summed E-state index contributed by atoms with van der Waals surface area (Å²) >= 11 is 0. The summed E-state index contributed by atoms with van der Waals surface area (Å²) in [4.78, 5) is 14.5. The van der Waals surface area contributed by atoms with Crippen molar-refractivity contribution in [3.05, 3.63) is 18.4 Å². The first kappa shape index (κ1) is 13.5. The first-order valence-corrected chi connectivity index (χ1v) is 5.54. The van der Waals surface area contributed by atoms with Gasteiger partial charge in [0.15, 0.2) is 12.5 Å². The minimum absolute atomic E-state index is 0.469. The molecule has 1 atom stereocenters. The Labute approximate surface area is 94.1 Å². The number of ether oxygens (including phenoxy) is 1. The predicted molar refractivity (Wildman–Crippen MR) is 47.9 cm³/mol. The number of carbonyl (C=O) groups excluding carboxylic acids is 1. The van der Waals surface area contributed by atoms with Crippen LogP contribution in [0.15, 0.2) is 17.0 Å². The average molecular weight is 271 g/mol. The van der Waals surface area contributed by atoms with E-state index in [0.29, 0.717) is 6.92 Å². The summed E-state index contributed by atoms with van der Waals surface area (Å²) in [6.45, 7) is 0.613. The quantitative estimate of drug-likeness (QED) is 0.634. The summed E-state index contributed by atoms with van der Waals surface area (Å²) in [5, 5.41) is -4.61. The minimum atomic E-state index is -5.67. The lowest BCUT2D eigenvalue weighted by atomic mass is 10.4. The van der Waals surface area contributed by atoms with E-state index in [-0.39, 0.29) is 0 Å². The second kappa shape index (κ2) is 4.37. The van der Waals surface area contributed by atoms with Crippen molar-refractivity contribution in [1.82, 2.24) is 4.98 Å². The molecular weight excluding hydrogens is 264 g/mol. The Kier molecular flexibility index (Phi) is 3.48. The van der Waals surface area contributed by atoms with Gasteiger partial charge < -0.3 is 9.15 Å². The van der Waals surface area contributed by atoms with E-state index in [1.165, 1.54) is 0 Å². The molecule has 0 saturated carbocycles. The molecule has 96 valence electrons. The van der Waals surface area contributed by atoms with Crippen molar-refractivity contribution in [2.75, 3.05) is 0 Å². The summed E-state index contributed by atoms with van der Waals surface area (Å²) < 4.78 is 63.4. The van der Waals surface area contributed by atoms with Crippen LogP contribution < -0.4 is 0 Å². The van der Waals surface area contributed by atoms with E-state index >= 15 is 0 Å². The maximum absolute atomic E-state index is 13.0. The normalized spacial score (nSPS) is 14.4. The maximum atomic E-state index is 13.0.